The van der Waals surface area contributed by atoms with Gasteiger partial charge in [-0.1, -0.05) is 23.7 Å². The summed E-state index contributed by atoms with van der Waals surface area (Å²) in [6.45, 7) is 0.631. The van der Waals surface area contributed by atoms with Gasteiger partial charge in [-0.2, -0.15) is 0 Å². The Morgan fingerprint density at radius 2 is 1.65 bits per heavy atom. The van der Waals surface area contributed by atoms with Gasteiger partial charge in [-0.15, -0.1) is 0 Å². The van der Waals surface area contributed by atoms with E-state index in [4.69, 9.17) is 11.6 Å². The summed E-state index contributed by atoms with van der Waals surface area (Å²) in [5, 5.41) is 3.46. The van der Waals surface area contributed by atoms with Crippen LogP contribution in [0.5, 0.6) is 0 Å². The van der Waals surface area contributed by atoms with Crippen LogP contribution in [0.2, 0.25) is 5.02 Å². The minimum absolute atomic E-state index is 0.00804. The molecular weight excluding hydrogens is 379 g/mol. The second kappa shape index (κ2) is 9.66. The molecule has 0 atom stereocenters. The van der Waals surface area contributed by atoms with Gasteiger partial charge < -0.3 is 5.32 Å². The Hall–Kier alpha value is -1.96. The predicted octanol–water partition coefficient (Wildman–Crippen LogP) is 2.90. The molecule has 5 nitrogen and oxygen atoms in total. The molecule has 140 valence electrons. The lowest BCUT2D eigenvalue weighted by atomic mass is 10.1. The first-order chi connectivity index (χ1) is 12.4. The third-order valence-electron chi connectivity index (χ3n) is 3.65. The summed E-state index contributed by atoms with van der Waals surface area (Å²) in [4.78, 5) is 11.8. The highest BCUT2D eigenvalue weighted by Gasteiger charge is 2.13. The first-order valence-electron chi connectivity index (χ1n) is 8.13. The predicted molar refractivity (Wildman–Crippen MR) is 99.0 cm³/mol. The fourth-order valence-electron chi connectivity index (χ4n) is 2.24. The number of amides is 1. The van der Waals surface area contributed by atoms with Crippen molar-refractivity contribution in [2.75, 3.05) is 13.1 Å². The van der Waals surface area contributed by atoms with Crippen LogP contribution in [0.15, 0.2) is 53.4 Å². The van der Waals surface area contributed by atoms with Crippen molar-refractivity contribution in [1.82, 2.24) is 10.0 Å². The average Bonchev–Trinajstić information content (AvgIpc) is 2.61. The van der Waals surface area contributed by atoms with Crippen LogP contribution in [0.1, 0.15) is 18.4 Å². The Balaban J connectivity index is 1.65. The van der Waals surface area contributed by atoms with E-state index in [0.29, 0.717) is 24.4 Å². The Morgan fingerprint density at radius 1 is 1.00 bits per heavy atom. The molecule has 0 saturated carbocycles. The molecule has 8 heteroatoms. The number of halogens is 2. The topological polar surface area (TPSA) is 75.3 Å². The number of nitrogens with one attached hydrogen (secondary N) is 2. The molecule has 0 heterocycles. The Labute approximate surface area is 157 Å². The van der Waals surface area contributed by atoms with Crippen LogP contribution in [0.25, 0.3) is 0 Å². The van der Waals surface area contributed by atoms with E-state index in [9.17, 15) is 17.6 Å². The molecule has 0 bridgehead atoms. The molecule has 0 aliphatic rings. The van der Waals surface area contributed by atoms with Crippen molar-refractivity contribution < 1.29 is 17.6 Å². The maximum Gasteiger partial charge on any atom is 0.240 e. The van der Waals surface area contributed by atoms with E-state index in [1.54, 1.807) is 12.1 Å². The molecule has 26 heavy (non-hydrogen) atoms. The Kier molecular flexibility index (Phi) is 7.56. The molecule has 2 N–H and O–H groups in total. The zero-order chi connectivity index (χ0) is 19.0. The first kappa shape index (κ1) is 20.4. The van der Waals surface area contributed by atoms with Crippen LogP contribution in [-0.2, 0) is 21.2 Å². The molecule has 1 amide bonds. The molecule has 0 fully saturated rings. The Morgan fingerprint density at radius 3 is 2.31 bits per heavy atom. The van der Waals surface area contributed by atoms with Gasteiger partial charge in [0.15, 0.2) is 0 Å². The molecule has 2 aromatic rings. The van der Waals surface area contributed by atoms with Crippen molar-refractivity contribution in [3.05, 3.63) is 64.9 Å². The van der Waals surface area contributed by atoms with Gasteiger partial charge in [0, 0.05) is 24.5 Å². The summed E-state index contributed by atoms with van der Waals surface area (Å²) in [5.74, 6) is -0.640. The minimum Gasteiger partial charge on any atom is -0.356 e. The van der Waals surface area contributed by atoms with Crippen molar-refractivity contribution in [3.63, 3.8) is 0 Å². The van der Waals surface area contributed by atoms with Crippen molar-refractivity contribution in [1.29, 1.82) is 0 Å². The van der Waals surface area contributed by atoms with Gasteiger partial charge in [0.2, 0.25) is 15.9 Å². The summed E-state index contributed by atoms with van der Waals surface area (Å²) in [5.41, 5.74) is 1.07. The number of rotatable bonds is 9. The van der Waals surface area contributed by atoms with Crippen LogP contribution in [0.3, 0.4) is 0 Å². The van der Waals surface area contributed by atoms with Gasteiger partial charge in [-0.05, 0) is 54.8 Å². The second-order valence-corrected chi connectivity index (χ2v) is 7.89. The van der Waals surface area contributed by atoms with Crippen molar-refractivity contribution in [2.24, 2.45) is 0 Å². The zero-order valence-corrected chi connectivity index (χ0v) is 15.6. The summed E-state index contributed by atoms with van der Waals surface area (Å²) in [6.07, 6.45) is 1.28. The SMILES string of the molecule is O=C(CCCNS(=O)(=O)c1ccc(F)cc1)NCCc1ccc(Cl)cc1. The number of carbonyl (C=O) groups is 1. The molecule has 0 saturated heterocycles. The van der Waals surface area contributed by atoms with Crippen LogP contribution in [0.4, 0.5) is 4.39 Å². The molecule has 2 aromatic carbocycles. The zero-order valence-electron chi connectivity index (χ0n) is 14.0. The van der Waals surface area contributed by atoms with Crippen molar-refractivity contribution in [3.8, 4) is 0 Å². The molecule has 0 radical (unpaired) electrons. The molecule has 0 spiro atoms. The normalized spacial score (nSPS) is 11.3. The third-order valence-corrected chi connectivity index (χ3v) is 5.37. The molecular formula is C18H20ClFN2O3S. The van der Waals surface area contributed by atoms with Crippen LogP contribution < -0.4 is 10.0 Å². The van der Waals surface area contributed by atoms with Crippen LogP contribution in [0, 0.1) is 5.82 Å². The number of hydrogen-bond donors (Lipinski definition) is 2. The van der Waals surface area contributed by atoms with Gasteiger partial charge >= 0.3 is 0 Å². The van der Waals surface area contributed by atoms with E-state index in [-0.39, 0.29) is 23.8 Å². The number of carbonyl (C=O) groups excluding carboxylic acids is 1. The number of hydrogen-bond acceptors (Lipinski definition) is 3. The lowest BCUT2D eigenvalue weighted by Gasteiger charge is -2.08. The van der Waals surface area contributed by atoms with Gasteiger partial charge in [0.1, 0.15) is 5.82 Å². The van der Waals surface area contributed by atoms with E-state index in [2.05, 4.69) is 10.0 Å². The molecule has 2 rings (SSSR count). The molecule has 0 aliphatic heterocycles. The second-order valence-electron chi connectivity index (χ2n) is 5.68. The average molecular weight is 399 g/mol. The molecule has 0 unspecified atom stereocenters. The quantitative estimate of drug-likeness (QED) is 0.638. The van der Waals surface area contributed by atoms with Gasteiger partial charge in [-0.3, -0.25) is 4.79 Å². The molecule has 0 aliphatic carbocycles. The summed E-state index contributed by atoms with van der Waals surface area (Å²) in [6, 6.07) is 12.0. The molecule has 0 aromatic heterocycles. The van der Waals surface area contributed by atoms with E-state index >= 15 is 0 Å². The van der Waals surface area contributed by atoms with Crippen molar-refractivity contribution >= 4 is 27.5 Å². The lowest BCUT2D eigenvalue weighted by Crippen LogP contribution is -2.28. The maximum absolute atomic E-state index is 12.8. The summed E-state index contributed by atoms with van der Waals surface area (Å²) in [7, 11) is -3.69. The van der Waals surface area contributed by atoms with E-state index in [1.165, 1.54) is 12.1 Å². The van der Waals surface area contributed by atoms with Gasteiger partial charge in [0.25, 0.3) is 0 Å². The highest BCUT2D eigenvalue weighted by atomic mass is 35.5. The van der Waals surface area contributed by atoms with Gasteiger partial charge in [-0.25, -0.2) is 17.5 Å². The maximum atomic E-state index is 12.8. The number of sulfonamides is 1. The highest BCUT2D eigenvalue weighted by Crippen LogP contribution is 2.10. The lowest BCUT2D eigenvalue weighted by molar-refractivity contribution is -0.121. The Bertz CT molecular complexity index is 825. The summed E-state index contributed by atoms with van der Waals surface area (Å²) >= 11 is 5.81. The monoisotopic (exact) mass is 398 g/mol. The van der Waals surface area contributed by atoms with E-state index < -0.39 is 15.8 Å². The van der Waals surface area contributed by atoms with E-state index in [0.717, 1.165) is 17.7 Å². The van der Waals surface area contributed by atoms with Crippen LogP contribution in [-0.4, -0.2) is 27.4 Å². The highest BCUT2D eigenvalue weighted by molar-refractivity contribution is 7.89. The van der Waals surface area contributed by atoms with Gasteiger partial charge in [0.05, 0.1) is 4.90 Å². The standard InChI is InChI=1S/C18H20ClFN2O3S/c19-15-5-3-14(4-6-15)11-13-21-18(23)2-1-12-22-26(24,25)17-9-7-16(20)8-10-17/h3-10,22H,1-2,11-13H2,(H,21,23). The van der Waals surface area contributed by atoms with E-state index in [1.807, 2.05) is 12.1 Å². The first-order valence-corrected chi connectivity index (χ1v) is 9.99. The fourth-order valence-corrected chi connectivity index (χ4v) is 3.44. The largest absolute Gasteiger partial charge is 0.356 e. The minimum atomic E-state index is -3.69. The van der Waals surface area contributed by atoms with Crippen LogP contribution >= 0.6 is 11.6 Å². The number of benzene rings is 2. The third kappa shape index (κ3) is 6.74. The summed E-state index contributed by atoms with van der Waals surface area (Å²) < 4.78 is 39.2. The van der Waals surface area contributed by atoms with Crippen molar-refractivity contribution in [2.45, 2.75) is 24.2 Å². The fraction of sp³-hybridized carbons (Fsp3) is 0.278. The smallest absolute Gasteiger partial charge is 0.240 e.